The summed E-state index contributed by atoms with van der Waals surface area (Å²) in [6.07, 6.45) is 0. The largest absolute Gasteiger partial charge is 0.457 e. The molecule has 0 saturated heterocycles. The Kier molecular flexibility index (Phi) is 7.88. The molecule has 0 aliphatic rings. The molecule has 0 aliphatic carbocycles. The van der Waals surface area contributed by atoms with Crippen molar-refractivity contribution < 1.29 is 19.1 Å². The van der Waals surface area contributed by atoms with E-state index in [0.717, 1.165) is 0 Å². The Hall–Kier alpha value is -6.14. The zero-order valence-electron chi connectivity index (χ0n) is 23.6. The zero-order chi connectivity index (χ0) is 30.5. The van der Waals surface area contributed by atoms with Crippen molar-refractivity contribution in [1.29, 1.82) is 0 Å². The lowest BCUT2D eigenvalue weighted by atomic mass is 9.88. The number of nitrogens with two attached hydrogens (primary N) is 2. The molecule has 0 spiro atoms. The molecule has 0 aromatic heterocycles. The molecule has 6 aromatic rings. The number of anilines is 2. The summed E-state index contributed by atoms with van der Waals surface area (Å²) in [7, 11) is 0. The molecule has 44 heavy (non-hydrogen) atoms. The molecule has 0 saturated carbocycles. The minimum Gasteiger partial charge on any atom is -0.457 e. The van der Waals surface area contributed by atoms with Crippen LogP contribution in [0.2, 0.25) is 0 Å². The van der Waals surface area contributed by atoms with E-state index in [1.165, 1.54) is 0 Å². The molecule has 6 heteroatoms. The minimum absolute atomic E-state index is 0.211. The van der Waals surface area contributed by atoms with E-state index in [2.05, 4.69) is 0 Å². The standard InChI is InChI=1S/C38H28N2O4/c39-27-13-7-15-29(21-27)43-31-17-19-33(35(23-31)37(41)25-9-3-1-4-10-25)34-20-18-32(44-30-16-8-14-28(40)22-30)24-36(34)38(42)26-11-5-2-6-12-26/h1-24H,39-40H2. The van der Waals surface area contributed by atoms with E-state index in [0.29, 0.717) is 67.8 Å². The van der Waals surface area contributed by atoms with Crippen LogP contribution in [0.25, 0.3) is 11.1 Å². The van der Waals surface area contributed by atoms with E-state index in [9.17, 15) is 9.59 Å². The Bertz CT molecular complexity index is 1830. The third-order valence-corrected chi connectivity index (χ3v) is 7.02. The smallest absolute Gasteiger partial charge is 0.193 e. The summed E-state index contributed by atoms with van der Waals surface area (Å²) in [5, 5.41) is 0. The van der Waals surface area contributed by atoms with Gasteiger partial charge in [0.05, 0.1) is 0 Å². The topological polar surface area (TPSA) is 105 Å². The van der Waals surface area contributed by atoms with Crippen LogP contribution in [0.15, 0.2) is 146 Å². The van der Waals surface area contributed by atoms with Crippen LogP contribution in [0, 0.1) is 0 Å². The van der Waals surface area contributed by atoms with Gasteiger partial charge in [0.2, 0.25) is 0 Å². The van der Waals surface area contributed by atoms with Gasteiger partial charge in [-0.2, -0.15) is 0 Å². The summed E-state index contributed by atoms with van der Waals surface area (Å²) in [5.74, 6) is 1.57. The number of rotatable bonds is 9. The van der Waals surface area contributed by atoms with E-state index < -0.39 is 0 Å². The van der Waals surface area contributed by atoms with Gasteiger partial charge in [0, 0.05) is 45.8 Å². The SMILES string of the molecule is Nc1cccc(Oc2ccc(-c3ccc(Oc4cccc(N)c4)cc3C(=O)c3ccccc3)c(C(=O)c3ccccc3)c2)c1. The summed E-state index contributed by atoms with van der Waals surface area (Å²) in [6.45, 7) is 0. The van der Waals surface area contributed by atoms with Crippen LogP contribution in [-0.2, 0) is 0 Å². The Labute approximate surface area is 255 Å². The van der Waals surface area contributed by atoms with Crippen molar-refractivity contribution >= 4 is 22.9 Å². The molecule has 0 amide bonds. The zero-order valence-corrected chi connectivity index (χ0v) is 23.6. The van der Waals surface area contributed by atoms with E-state index in [4.69, 9.17) is 20.9 Å². The van der Waals surface area contributed by atoms with Crippen molar-refractivity contribution in [3.05, 3.63) is 168 Å². The first-order valence-electron chi connectivity index (χ1n) is 14.0. The number of benzene rings is 6. The average molecular weight is 577 g/mol. The normalized spacial score (nSPS) is 10.6. The highest BCUT2D eigenvalue weighted by Gasteiger charge is 2.22. The molecule has 6 rings (SSSR count). The fourth-order valence-corrected chi connectivity index (χ4v) is 4.94. The van der Waals surface area contributed by atoms with Gasteiger partial charge < -0.3 is 20.9 Å². The summed E-state index contributed by atoms with van der Waals surface area (Å²) in [6, 6.07) is 42.7. The first-order valence-corrected chi connectivity index (χ1v) is 14.0. The molecule has 0 aliphatic heterocycles. The van der Waals surface area contributed by atoms with Crippen LogP contribution in [0.4, 0.5) is 11.4 Å². The number of ether oxygens (including phenoxy) is 2. The van der Waals surface area contributed by atoms with Crippen molar-refractivity contribution in [2.45, 2.75) is 0 Å². The number of nitrogen functional groups attached to an aromatic ring is 2. The number of hydrogen-bond acceptors (Lipinski definition) is 6. The highest BCUT2D eigenvalue weighted by molar-refractivity contribution is 6.17. The lowest BCUT2D eigenvalue weighted by molar-refractivity contribution is 0.102. The van der Waals surface area contributed by atoms with Gasteiger partial charge in [0.15, 0.2) is 11.6 Å². The van der Waals surface area contributed by atoms with Crippen LogP contribution >= 0.6 is 0 Å². The molecule has 6 nitrogen and oxygen atoms in total. The predicted octanol–water partition coefficient (Wildman–Crippen LogP) is 8.56. The fraction of sp³-hybridized carbons (Fsp3) is 0. The second-order valence-electron chi connectivity index (χ2n) is 10.2. The summed E-state index contributed by atoms with van der Waals surface area (Å²) >= 11 is 0. The fourth-order valence-electron chi connectivity index (χ4n) is 4.94. The summed E-state index contributed by atoms with van der Waals surface area (Å²) in [5.41, 5.74) is 15.9. The average Bonchev–Trinajstić information content (AvgIpc) is 3.05. The van der Waals surface area contributed by atoms with Crippen molar-refractivity contribution in [3.63, 3.8) is 0 Å². The molecule has 214 valence electrons. The maximum absolute atomic E-state index is 14.0. The first kappa shape index (κ1) is 28.0. The van der Waals surface area contributed by atoms with Gasteiger partial charge in [-0.25, -0.2) is 0 Å². The highest BCUT2D eigenvalue weighted by Crippen LogP contribution is 2.37. The van der Waals surface area contributed by atoms with Gasteiger partial charge in [-0.05, 0) is 71.8 Å². The summed E-state index contributed by atoms with van der Waals surface area (Å²) in [4.78, 5) is 28.0. The van der Waals surface area contributed by atoms with Gasteiger partial charge >= 0.3 is 0 Å². The number of hydrogen-bond donors (Lipinski definition) is 2. The molecular weight excluding hydrogens is 548 g/mol. The highest BCUT2D eigenvalue weighted by atomic mass is 16.5. The predicted molar refractivity (Wildman–Crippen MR) is 173 cm³/mol. The van der Waals surface area contributed by atoms with Crippen molar-refractivity contribution in [2.24, 2.45) is 0 Å². The Morgan fingerprint density at radius 3 is 1.18 bits per heavy atom. The van der Waals surface area contributed by atoms with Crippen molar-refractivity contribution in [1.82, 2.24) is 0 Å². The Morgan fingerprint density at radius 1 is 0.409 bits per heavy atom. The van der Waals surface area contributed by atoms with Gasteiger partial charge in [-0.15, -0.1) is 0 Å². The molecule has 0 radical (unpaired) electrons. The third-order valence-electron chi connectivity index (χ3n) is 7.02. The van der Waals surface area contributed by atoms with Crippen LogP contribution in [0.1, 0.15) is 31.8 Å². The maximum atomic E-state index is 14.0. The molecule has 0 bridgehead atoms. The molecule has 0 fully saturated rings. The molecular formula is C38H28N2O4. The monoisotopic (exact) mass is 576 g/mol. The van der Waals surface area contributed by atoms with Crippen LogP contribution in [-0.4, -0.2) is 11.6 Å². The quantitative estimate of drug-likeness (QED) is 0.132. The third kappa shape index (κ3) is 6.20. The van der Waals surface area contributed by atoms with Crippen LogP contribution in [0.3, 0.4) is 0 Å². The molecule has 0 unspecified atom stereocenters. The number of carbonyl (C=O) groups excluding carboxylic acids is 2. The Morgan fingerprint density at radius 2 is 0.795 bits per heavy atom. The van der Waals surface area contributed by atoms with Gasteiger partial charge in [0.25, 0.3) is 0 Å². The second-order valence-corrected chi connectivity index (χ2v) is 10.2. The number of carbonyl (C=O) groups is 2. The van der Waals surface area contributed by atoms with Crippen LogP contribution in [0.5, 0.6) is 23.0 Å². The van der Waals surface area contributed by atoms with Gasteiger partial charge in [0.1, 0.15) is 23.0 Å². The van der Waals surface area contributed by atoms with Crippen LogP contribution < -0.4 is 20.9 Å². The second kappa shape index (κ2) is 12.4. The Balaban J connectivity index is 1.49. The lowest BCUT2D eigenvalue weighted by Crippen LogP contribution is -2.08. The number of ketones is 2. The van der Waals surface area contributed by atoms with Gasteiger partial charge in [-0.1, -0.05) is 72.8 Å². The maximum Gasteiger partial charge on any atom is 0.193 e. The molecule has 0 atom stereocenters. The van der Waals surface area contributed by atoms with Crippen molar-refractivity contribution in [2.75, 3.05) is 11.5 Å². The minimum atomic E-state index is -0.211. The lowest BCUT2D eigenvalue weighted by Gasteiger charge is -2.17. The van der Waals surface area contributed by atoms with Crippen molar-refractivity contribution in [3.8, 4) is 34.1 Å². The molecule has 6 aromatic carbocycles. The first-order chi connectivity index (χ1) is 21.4. The van der Waals surface area contributed by atoms with E-state index in [1.54, 1.807) is 109 Å². The molecule has 0 heterocycles. The van der Waals surface area contributed by atoms with Gasteiger partial charge in [-0.3, -0.25) is 9.59 Å². The van der Waals surface area contributed by atoms with E-state index in [-0.39, 0.29) is 11.6 Å². The summed E-state index contributed by atoms with van der Waals surface area (Å²) < 4.78 is 12.2. The van der Waals surface area contributed by atoms with E-state index >= 15 is 0 Å². The molecule has 4 N–H and O–H groups in total. The van der Waals surface area contributed by atoms with E-state index in [1.807, 2.05) is 36.4 Å².